The first-order chi connectivity index (χ1) is 10.8. The van der Waals surface area contributed by atoms with E-state index in [-0.39, 0.29) is 23.7 Å². The molecule has 4 unspecified atom stereocenters. The van der Waals surface area contributed by atoms with Crippen molar-refractivity contribution in [1.29, 1.82) is 0 Å². The summed E-state index contributed by atoms with van der Waals surface area (Å²) in [4.78, 5) is 0. The Labute approximate surface area is 141 Å². The van der Waals surface area contributed by atoms with Gasteiger partial charge >= 0.3 is 12.4 Å². The van der Waals surface area contributed by atoms with Gasteiger partial charge in [-0.1, -0.05) is 40.5 Å². The summed E-state index contributed by atoms with van der Waals surface area (Å²) in [6.45, 7) is 7.47. The molecule has 0 aromatic heterocycles. The minimum atomic E-state index is -3.98. The highest BCUT2D eigenvalue weighted by Gasteiger charge is 2.45. The van der Waals surface area contributed by atoms with Gasteiger partial charge in [-0.25, -0.2) is 0 Å². The predicted octanol–water partition coefficient (Wildman–Crippen LogP) is 7.24. The van der Waals surface area contributed by atoms with Crippen molar-refractivity contribution in [3.05, 3.63) is 0 Å². The molecule has 6 heteroatoms. The molecule has 0 saturated heterocycles. The lowest BCUT2D eigenvalue weighted by molar-refractivity contribution is -0.199. The van der Waals surface area contributed by atoms with Crippen molar-refractivity contribution >= 4 is 0 Å². The Bertz CT molecular complexity index is 363. The zero-order chi connectivity index (χ0) is 18.7. The Morgan fingerprint density at radius 3 is 1.54 bits per heavy atom. The third-order valence-corrected chi connectivity index (χ3v) is 5.77. The van der Waals surface area contributed by atoms with E-state index >= 15 is 0 Å². The van der Waals surface area contributed by atoms with Crippen molar-refractivity contribution in [2.24, 2.45) is 35.5 Å². The van der Waals surface area contributed by atoms with Crippen molar-refractivity contribution < 1.29 is 26.3 Å². The van der Waals surface area contributed by atoms with Gasteiger partial charge in [0.25, 0.3) is 0 Å². The normalized spacial score (nSPS) is 38.2. The molecule has 0 aromatic carbocycles. The Hall–Kier alpha value is -0.420. The van der Waals surface area contributed by atoms with E-state index in [1.165, 1.54) is 0 Å². The lowest BCUT2D eigenvalue weighted by atomic mass is 9.73. The SMILES string of the molecule is CC1CC(C(F)(F)F)C[C@@H](C)C1.CC1CCCC(C(F)(F)F)[C@@H]1C. The molecule has 0 aromatic rings. The molecule has 0 amide bonds. The van der Waals surface area contributed by atoms with Crippen LogP contribution in [0.2, 0.25) is 0 Å². The average Bonchev–Trinajstić information content (AvgIpc) is 2.39. The highest BCUT2D eigenvalue weighted by molar-refractivity contribution is 4.81. The van der Waals surface area contributed by atoms with Crippen molar-refractivity contribution in [2.75, 3.05) is 0 Å². The first kappa shape index (κ1) is 21.6. The molecule has 0 nitrogen and oxygen atoms in total. The van der Waals surface area contributed by atoms with Gasteiger partial charge in [0.15, 0.2) is 0 Å². The van der Waals surface area contributed by atoms with E-state index in [0.717, 1.165) is 19.3 Å². The van der Waals surface area contributed by atoms with E-state index in [1.54, 1.807) is 6.92 Å². The molecule has 0 bridgehead atoms. The second-order valence-electron chi connectivity index (χ2n) is 8.07. The molecule has 0 N–H and O–H groups in total. The van der Waals surface area contributed by atoms with Gasteiger partial charge in [-0.15, -0.1) is 0 Å². The van der Waals surface area contributed by atoms with Crippen LogP contribution in [0.5, 0.6) is 0 Å². The van der Waals surface area contributed by atoms with Crippen molar-refractivity contribution in [1.82, 2.24) is 0 Å². The second kappa shape index (κ2) is 8.31. The summed E-state index contributed by atoms with van der Waals surface area (Å²) in [5.74, 6) is -1.60. The Morgan fingerprint density at radius 2 is 1.17 bits per heavy atom. The zero-order valence-electron chi connectivity index (χ0n) is 15.0. The Kier molecular flexibility index (Phi) is 7.48. The van der Waals surface area contributed by atoms with Crippen LogP contribution in [-0.2, 0) is 0 Å². The van der Waals surface area contributed by atoms with E-state index in [2.05, 4.69) is 0 Å². The van der Waals surface area contributed by atoms with Crippen LogP contribution in [0.15, 0.2) is 0 Å². The third kappa shape index (κ3) is 6.47. The lowest BCUT2D eigenvalue weighted by Crippen LogP contribution is -2.35. The third-order valence-electron chi connectivity index (χ3n) is 5.77. The number of hydrogen-bond donors (Lipinski definition) is 0. The topological polar surface area (TPSA) is 0 Å². The van der Waals surface area contributed by atoms with Gasteiger partial charge < -0.3 is 0 Å². The molecule has 2 aliphatic carbocycles. The molecular weight excluding hydrogens is 330 g/mol. The molecule has 2 aliphatic rings. The number of halogens is 6. The quantitative estimate of drug-likeness (QED) is 0.399. The van der Waals surface area contributed by atoms with Crippen molar-refractivity contribution in [3.8, 4) is 0 Å². The molecule has 2 saturated carbocycles. The molecular formula is C18H30F6. The smallest absolute Gasteiger partial charge is 0.171 e. The van der Waals surface area contributed by atoms with Crippen LogP contribution in [-0.4, -0.2) is 12.4 Å². The van der Waals surface area contributed by atoms with Crippen LogP contribution in [0.3, 0.4) is 0 Å². The van der Waals surface area contributed by atoms with Crippen LogP contribution in [0.25, 0.3) is 0 Å². The van der Waals surface area contributed by atoms with Crippen LogP contribution in [0, 0.1) is 35.5 Å². The van der Waals surface area contributed by atoms with E-state index in [1.807, 2.05) is 20.8 Å². The first-order valence-electron chi connectivity index (χ1n) is 8.95. The fourth-order valence-corrected chi connectivity index (χ4v) is 4.26. The molecule has 24 heavy (non-hydrogen) atoms. The standard InChI is InChI=1S/2C9H15F3/c1-6-3-7(2)5-8(4-6)9(10,11)12;1-6-4-3-5-8(7(6)2)9(10,11)12/h2*6-8H,3-5H2,1-2H3/t6-,7?,8?;6?,7-,8?/m01/s1. The maximum absolute atomic E-state index is 12.4. The van der Waals surface area contributed by atoms with Crippen LogP contribution in [0.4, 0.5) is 26.3 Å². The number of rotatable bonds is 0. The number of alkyl halides is 6. The predicted molar refractivity (Wildman–Crippen MR) is 83.4 cm³/mol. The highest BCUT2D eigenvalue weighted by Crippen LogP contribution is 2.44. The van der Waals surface area contributed by atoms with Gasteiger partial charge in [0.1, 0.15) is 0 Å². The van der Waals surface area contributed by atoms with Crippen LogP contribution in [0.1, 0.15) is 66.2 Å². The molecule has 0 radical (unpaired) electrons. The maximum Gasteiger partial charge on any atom is 0.392 e. The largest absolute Gasteiger partial charge is 0.392 e. The average molecular weight is 360 g/mol. The summed E-state index contributed by atoms with van der Waals surface area (Å²) >= 11 is 0. The van der Waals surface area contributed by atoms with E-state index in [4.69, 9.17) is 0 Å². The lowest BCUT2D eigenvalue weighted by Gasteiger charge is -2.35. The molecule has 2 rings (SSSR count). The van der Waals surface area contributed by atoms with E-state index in [9.17, 15) is 26.3 Å². The van der Waals surface area contributed by atoms with Crippen LogP contribution >= 0.6 is 0 Å². The summed E-state index contributed by atoms with van der Waals surface area (Å²) in [5.41, 5.74) is 0. The van der Waals surface area contributed by atoms with Crippen molar-refractivity contribution in [3.63, 3.8) is 0 Å². The maximum atomic E-state index is 12.4. The molecule has 144 valence electrons. The van der Waals surface area contributed by atoms with Crippen molar-refractivity contribution in [2.45, 2.75) is 78.6 Å². The second-order valence-corrected chi connectivity index (χ2v) is 8.07. The molecule has 6 atom stereocenters. The van der Waals surface area contributed by atoms with E-state index in [0.29, 0.717) is 19.3 Å². The highest BCUT2D eigenvalue weighted by atomic mass is 19.4. The molecule has 0 spiro atoms. The van der Waals surface area contributed by atoms with Gasteiger partial charge in [0.05, 0.1) is 11.8 Å². The van der Waals surface area contributed by atoms with Gasteiger partial charge in [-0.2, -0.15) is 26.3 Å². The summed E-state index contributed by atoms with van der Waals surface area (Å²) in [5, 5.41) is 0. The summed E-state index contributed by atoms with van der Waals surface area (Å²) in [6.07, 6.45) is -4.33. The minimum Gasteiger partial charge on any atom is -0.171 e. The monoisotopic (exact) mass is 360 g/mol. The molecule has 0 aliphatic heterocycles. The minimum absolute atomic E-state index is 0.196. The first-order valence-corrected chi connectivity index (χ1v) is 8.95. The number of hydrogen-bond acceptors (Lipinski definition) is 0. The summed E-state index contributed by atoms with van der Waals surface area (Å²) < 4.78 is 74.0. The summed E-state index contributed by atoms with van der Waals surface area (Å²) in [6, 6.07) is 0. The van der Waals surface area contributed by atoms with Gasteiger partial charge in [-0.05, 0) is 49.4 Å². The Balaban J connectivity index is 0.000000240. The van der Waals surface area contributed by atoms with Crippen LogP contribution < -0.4 is 0 Å². The summed E-state index contributed by atoms with van der Waals surface area (Å²) in [7, 11) is 0. The Morgan fingerprint density at radius 1 is 0.667 bits per heavy atom. The zero-order valence-corrected chi connectivity index (χ0v) is 15.0. The molecule has 2 fully saturated rings. The fraction of sp³-hybridized carbons (Fsp3) is 1.00. The van der Waals surface area contributed by atoms with Gasteiger partial charge in [-0.3, -0.25) is 0 Å². The molecule has 0 heterocycles. The fourth-order valence-electron chi connectivity index (χ4n) is 4.26. The van der Waals surface area contributed by atoms with Gasteiger partial charge in [0, 0.05) is 0 Å². The van der Waals surface area contributed by atoms with E-state index < -0.39 is 24.2 Å². The van der Waals surface area contributed by atoms with Gasteiger partial charge in [0.2, 0.25) is 0 Å².